The molecular formula is C62H48N2S. The predicted molar refractivity (Wildman–Crippen MR) is 277 cm³/mol. The Morgan fingerprint density at radius 2 is 1.18 bits per heavy atom. The van der Waals surface area contributed by atoms with Crippen LogP contribution in [-0.4, -0.2) is 6.54 Å². The molecule has 65 heavy (non-hydrogen) atoms. The first-order valence-electron chi connectivity index (χ1n) is 23.2. The van der Waals surface area contributed by atoms with Gasteiger partial charge in [0, 0.05) is 39.3 Å². The Bertz CT molecular complexity index is 3470. The third kappa shape index (κ3) is 6.39. The highest BCUT2D eigenvalue weighted by molar-refractivity contribution is 7.99. The molecule has 2 heterocycles. The van der Waals surface area contributed by atoms with Crippen LogP contribution in [0.25, 0.3) is 55.6 Å². The Morgan fingerprint density at radius 1 is 0.569 bits per heavy atom. The van der Waals surface area contributed by atoms with Gasteiger partial charge in [-0.15, -0.1) is 0 Å². The molecular weight excluding hydrogens is 805 g/mol. The first-order valence-corrected chi connectivity index (χ1v) is 24.0. The summed E-state index contributed by atoms with van der Waals surface area (Å²) in [7, 11) is 0. The van der Waals surface area contributed by atoms with Crippen LogP contribution in [0.2, 0.25) is 0 Å². The summed E-state index contributed by atoms with van der Waals surface area (Å²) in [5.74, 6) is 0.848. The topological polar surface area (TPSA) is 6.48 Å². The highest BCUT2D eigenvalue weighted by Crippen LogP contribution is 2.55. The number of hydrogen-bond acceptors (Lipinski definition) is 3. The molecule has 0 spiro atoms. The minimum atomic E-state index is 0.0346. The molecule has 312 valence electrons. The van der Waals surface area contributed by atoms with Crippen LogP contribution in [-0.2, 0) is 11.8 Å². The second kappa shape index (κ2) is 15.0. The molecule has 0 radical (unpaired) electrons. The van der Waals surface area contributed by atoms with Gasteiger partial charge in [0.2, 0.25) is 0 Å². The lowest BCUT2D eigenvalue weighted by Crippen LogP contribution is -2.32. The van der Waals surface area contributed by atoms with E-state index in [1.807, 2.05) is 11.8 Å². The van der Waals surface area contributed by atoms with Gasteiger partial charge in [-0.25, -0.2) is 0 Å². The van der Waals surface area contributed by atoms with Gasteiger partial charge in [0.1, 0.15) is 0 Å². The fourth-order valence-corrected chi connectivity index (χ4v) is 12.5. The summed E-state index contributed by atoms with van der Waals surface area (Å²) >= 11 is 1.85. The first-order chi connectivity index (χ1) is 31.9. The largest absolute Gasteiger partial charge is 0.342 e. The van der Waals surface area contributed by atoms with Crippen molar-refractivity contribution in [2.75, 3.05) is 16.3 Å². The Labute approximate surface area is 385 Å². The van der Waals surface area contributed by atoms with Gasteiger partial charge < -0.3 is 9.80 Å². The maximum atomic E-state index is 2.58. The molecule has 0 aromatic heterocycles. The van der Waals surface area contributed by atoms with E-state index in [2.05, 4.69) is 230 Å². The summed E-state index contributed by atoms with van der Waals surface area (Å²) in [6, 6.07) is 65.7. The van der Waals surface area contributed by atoms with E-state index in [1.54, 1.807) is 0 Å². The van der Waals surface area contributed by atoms with Gasteiger partial charge in [0.25, 0.3) is 0 Å². The van der Waals surface area contributed by atoms with Crippen molar-refractivity contribution in [3.05, 3.63) is 228 Å². The van der Waals surface area contributed by atoms with E-state index >= 15 is 0 Å². The molecule has 0 N–H and O–H groups in total. The molecule has 2 aliphatic carbocycles. The Balaban J connectivity index is 0.743. The van der Waals surface area contributed by atoms with Crippen molar-refractivity contribution in [3.63, 3.8) is 0 Å². The average molecular weight is 853 g/mol. The monoisotopic (exact) mass is 852 g/mol. The molecule has 9 aromatic rings. The standard InChI is InChI=1S/C62H48N2S/c1-62(2)55-35-41(20-29-53(55)54-32-27-49(39-56(54)62)63-33-9-11-42-10-3-4-12-57(42)63)18-17-40-19-21-44-36-45(23-22-43(44)34-40)46-26-30-51-47(37-46)24-25-48-38-50(28-31-52(48)51)64-58-13-5-7-15-60(58)65-61-16-8-6-14-59(61)64/h3-8,10,12-32,34-39,54,56H,9,11,33H2,1-2H3/b18-17+. The lowest BCUT2D eigenvalue weighted by Gasteiger charge is -2.37. The van der Waals surface area contributed by atoms with Crippen molar-refractivity contribution in [2.24, 2.45) is 5.92 Å². The van der Waals surface area contributed by atoms with Crippen LogP contribution in [0, 0.1) is 5.92 Å². The molecule has 2 atom stereocenters. The van der Waals surface area contributed by atoms with Crippen molar-refractivity contribution >= 4 is 79.0 Å². The minimum Gasteiger partial charge on any atom is -0.342 e. The summed E-state index contributed by atoms with van der Waals surface area (Å²) in [4.78, 5) is 7.52. The van der Waals surface area contributed by atoms with Crippen LogP contribution in [0.1, 0.15) is 54.0 Å². The third-order valence-electron chi connectivity index (χ3n) is 14.8. The van der Waals surface area contributed by atoms with E-state index in [-0.39, 0.29) is 5.41 Å². The average Bonchev–Trinajstić information content (AvgIpc) is 3.58. The van der Waals surface area contributed by atoms with Crippen LogP contribution in [0.4, 0.5) is 22.7 Å². The molecule has 2 aliphatic heterocycles. The number of rotatable bonds is 5. The fraction of sp³-hybridized carbons (Fsp3) is 0.129. The summed E-state index contributed by atoms with van der Waals surface area (Å²) in [6.45, 7) is 5.98. The smallest absolute Gasteiger partial charge is 0.0601 e. The van der Waals surface area contributed by atoms with Crippen molar-refractivity contribution in [1.29, 1.82) is 0 Å². The molecule has 9 aromatic carbocycles. The summed E-state index contributed by atoms with van der Waals surface area (Å²) in [5.41, 5.74) is 15.8. The number of fused-ring (bicyclic) bond motifs is 10. The zero-order valence-corrected chi connectivity index (χ0v) is 37.5. The van der Waals surface area contributed by atoms with Gasteiger partial charge in [-0.2, -0.15) is 0 Å². The van der Waals surface area contributed by atoms with Crippen LogP contribution in [0.15, 0.2) is 210 Å². The number of nitrogens with zero attached hydrogens (tertiary/aromatic N) is 2. The molecule has 0 bridgehead atoms. The molecule has 0 saturated heterocycles. The minimum absolute atomic E-state index is 0.0346. The number of aryl methyl sites for hydroxylation is 1. The van der Waals surface area contributed by atoms with Crippen LogP contribution in [0.5, 0.6) is 0 Å². The first kappa shape index (κ1) is 38.4. The molecule has 2 nitrogen and oxygen atoms in total. The van der Waals surface area contributed by atoms with Crippen molar-refractivity contribution in [3.8, 4) is 11.1 Å². The maximum absolute atomic E-state index is 2.58. The van der Waals surface area contributed by atoms with E-state index in [0.717, 1.165) is 6.54 Å². The Morgan fingerprint density at radius 3 is 1.98 bits per heavy atom. The normalized spacial score (nSPS) is 18.1. The van der Waals surface area contributed by atoms with Crippen molar-refractivity contribution in [1.82, 2.24) is 0 Å². The lowest BCUT2D eigenvalue weighted by molar-refractivity contribution is 0.391. The number of benzene rings is 9. The van der Waals surface area contributed by atoms with Gasteiger partial charge in [-0.05, 0) is 162 Å². The van der Waals surface area contributed by atoms with Crippen molar-refractivity contribution < 1.29 is 0 Å². The van der Waals surface area contributed by atoms with Crippen molar-refractivity contribution in [2.45, 2.75) is 47.8 Å². The Kier molecular flexibility index (Phi) is 8.87. The summed E-state index contributed by atoms with van der Waals surface area (Å²) < 4.78 is 0. The number of allylic oxidation sites excluding steroid dienone is 3. The number of hydrogen-bond donors (Lipinski definition) is 0. The van der Waals surface area contributed by atoms with Gasteiger partial charge in [-0.3, -0.25) is 0 Å². The molecule has 3 heteroatoms. The molecule has 13 rings (SSSR count). The van der Waals surface area contributed by atoms with E-state index in [4.69, 9.17) is 0 Å². The molecule has 4 aliphatic rings. The lowest BCUT2D eigenvalue weighted by atomic mass is 9.74. The molecule has 2 unspecified atom stereocenters. The van der Waals surface area contributed by atoms with Crippen LogP contribution >= 0.6 is 11.8 Å². The highest BCUT2D eigenvalue weighted by atomic mass is 32.2. The van der Waals surface area contributed by atoms with Crippen LogP contribution < -0.4 is 9.80 Å². The number of anilines is 4. The second-order valence-electron chi connectivity index (χ2n) is 18.9. The van der Waals surface area contributed by atoms with E-state index in [9.17, 15) is 0 Å². The highest BCUT2D eigenvalue weighted by Gasteiger charge is 2.45. The zero-order chi connectivity index (χ0) is 43.2. The van der Waals surface area contributed by atoms with E-state index in [0.29, 0.717) is 11.8 Å². The molecule has 0 fully saturated rings. The quantitative estimate of drug-likeness (QED) is 0.126. The fourth-order valence-electron chi connectivity index (χ4n) is 11.4. The van der Waals surface area contributed by atoms with Gasteiger partial charge in [-0.1, -0.05) is 165 Å². The van der Waals surface area contributed by atoms with Crippen LogP contribution in [0.3, 0.4) is 0 Å². The number of para-hydroxylation sites is 3. The van der Waals surface area contributed by atoms with E-state index < -0.39 is 0 Å². The van der Waals surface area contributed by atoms with E-state index in [1.165, 1.54) is 122 Å². The third-order valence-corrected chi connectivity index (χ3v) is 15.9. The van der Waals surface area contributed by atoms with Gasteiger partial charge in [0.15, 0.2) is 0 Å². The SMILES string of the molecule is CC1(C)c2cc(/C=C/c3ccc4cc(-c5ccc6c(ccc7cc(N8c9ccccc9Sc9ccccc98)ccc76)c5)ccc4c3)ccc2C2C=CC(N3CCCc4ccccc43)=CC21. The zero-order valence-electron chi connectivity index (χ0n) is 36.7. The summed E-state index contributed by atoms with van der Waals surface area (Å²) in [6.07, 6.45) is 14.4. The van der Waals surface area contributed by atoms with Gasteiger partial charge >= 0.3 is 0 Å². The predicted octanol–water partition coefficient (Wildman–Crippen LogP) is 16.8. The molecule has 0 saturated carbocycles. The van der Waals surface area contributed by atoms with Gasteiger partial charge in [0.05, 0.1) is 11.4 Å². The molecule has 0 amide bonds. The maximum Gasteiger partial charge on any atom is 0.0601 e. The summed E-state index contributed by atoms with van der Waals surface area (Å²) in [5, 5.41) is 7.55. The Hall–Kier alpha value is -7.07. The second-order valence-corrected chi connectivity index (χ2v) is 20.0.